The Morgan fingerprint density at radius 1 is 1.07 bits per heavy atom. The number of benzene rings is 2. The molecule has 2 aromatic rings. The van der Waals surface area contributed by atoms with E-state index in [9.17, 15) is 4.79 Å². The number of carbonyl (C=O) groups excluding carboxylic acids is 1. The summed E-state index contributed by atoms with van der Waals surface area (Å²) in [6.07, 6.45) is -0.0493. The van der Waals surface area contributed by atoms with Crippen LogP contribution in [0.3, 0.4) is 0 Å². The van der Waals surface area contributed by atoms with Crippen molar-refractivity contribution in [2.75, 3.05) is 44.8 Å². The van der Waals surface area contributed by atoms with Crippen molar-refractivity contribution >= 4 is 23.4 Å². The van der Waals surface area contributed by atoms with E-state index in [1.165, 1.54) is 5.69 Å². The summed E-state index contributed by atoms with van der Waals surface area (Å²) in [6, 6.07) is 16.2. The molecule has 0 radical (unpaired) electrons. The van der Waals surface area contributed by atoms with Crippen LogP contribution in [0.5, 0.6) is 5.75 Å². The topological polar surface area (TPSA) is 68.0 Å². The first kappa shape index (κ1) is 20.3. The van der Waals surface area contributed by atoms with Gasteiger partial charge in [0.15, 0.2) is 0 Å². The lowest BCUT2D eigenvalue weighted by atomic mass is 10.0. The first-order chi connectivity index (χ1) is 13.6. The van der Waals surface area contributed by atoms with Gasteiger partial charge in [-0.1, -0.05) is 23.7 Å². The Labute approximate surface area is 170 Å². The second-order valence-corrected chi connectivity index (χ2v) is 7.18. The van der Waals surface area contributed by atoms with Gasteiger partial charge in [-0.25, -0.2) is 4.79 Å². The van der Waals surface area contributed by atoms with E-state index in [1.807, 2.05) is 36.4 Å². The molecule has 1 atom stereocenters. The predicted molar refractivity (Wildman–Crippen MR) is 111 cm³/mol. The molecule has 3 rings (SSSR count). The number of ether oxygens (including phenoxy) is 2. The smallest absolute Gasteiger partial charge is 0.404 e. The average Bonchev–Trinajstić information content (AvgIpc) is 2.72. The third kappa shape index (κ3) is 5.30. The molecular weight excluding hydrogens is 378 g/mol. The molecule has 2 aromatic carbocycles. The number of nitrogens with two attached hydrogens (primary N) is 1. The van der Waals surface area contributed by atoms with Crippen LogP contribution in [0.4, 0.5) is 10.5 Å². The highest BCUT2D eigenvalue weighted by Gasteiger charge is 2.25. The molecule has 1 aliphatic rings. The Morgan fingerprint density at radius 3 is 2.29 bits per heavy atom. The van der Waals surface area contributed by atoms with E-state index < -0.39 is 6.09 Å². The zero-order chi connectivity index (χ0) is 19.9. The molecule has 1 saturated heterocycles. The van der Waals surface area contributed by atoms with Gasteiger partial charge in [0, 0.05) is 49.4 Å². The van der Waals surface area contributed by atoms with Crippen LogP contribution in [0.2, 0.25) is 5.02 Å². The lowest BCUT2D eigenvalue weighted by molar-refractivity contribution is 0.122. The number of rotatable bonds is 7. The van der Waals surface area contributed by atoms with Gasteiger partial charge in [0.1, 0.15) is 5.75 Å². The number of hydrogen-bond acceptors (Lipinski definition) is 5. The third-order valence-corrected chi connectivity index (χ3v) is 5.33. The number of primary amides is 1. The average molecular weight is 404 g/mol. The minimum Gasteiger partial charge on any atom is -0.497 e. The van der Waals surface area contributed by atoms with Crippen LogP contribution in [0, 0.1) is 0 Å². The molecule has 1 fully saturated rings. The number of methoxy groups -OCH3 is 1. The van der Waals surface area contributed by atoms with Gasteiger partial charge >= 0.3 is 6.09 Å². The fourth-order valence-corrected chi connectivity index (χ4v) is 3.73. The molecule has 6 nitrogen and oxygen atoms in total. The van der Waals surface area contributed by atoms with Crippen molar-refractivity contribution in [2.45, 2.75) is 12.5 Å². The zero-order valence-corrected chi connectivity index (χ0v) is 16.8. The second kappa shape index (κ2) is 9.66. The van der Waals surface area contributed by atoms with Crippen molar-refractivity contribution in [3.05, 3.63) is 59.1 Å². The maximum absolute atomic E-state index is 10.9. The van der Waals surface area contributed by atoms with Crippen molar-refractivity contribution in [3.63, 3.8) is 0 Å². The van der Waals surface area contributed by atoms with E-state index in [2.05, 4.69) is 21.9 Å². The van der Waals surface area contributed by atoms with Crippen LogP contribution in [0.25, 0.3) is 0 Å². The number of halogens is 1. The number of amides is 1. The van der Waals surface area contributed by atoms with E-state index in [4.69, 9.17) is 26.8 Å². The Hall–Kier alpha value is -2.44. The molecule has 0 spiro atoms. The van der Waals surface area contributed by atoms with Gasteiger partial charge in [0.05, 0.1) is 13.7 Å². The third-order valence-electron chi connectivity index (χ3n) is 5.08. The fraction of sp³-hybridized carbons (Fsp3) is 0.381. The zero-order valence-electron chi connectivity index (χ0n) is 16.0. The summed E-state index contributed by atoms with van der Waals surface area (Å²) in [4.78, 5) is 15.7. The summed E-state index contributed by atoms with van der Waals surface area (Å²) in [5, 5.41) is 0.709. The number of anilines is 1. The van der Waals surface area contributed by atoms with Crippen LogP contribution >= 0.6 is 11.6 Å². The summed E-state index contributed by atoms with van der Waals surface area (Å²) >= 11 is 6.04. The first-order valence-electron chi connectivity index (χ1n) is 9.37. The minimum absolute atomic E-state index is 0.148. The molecular formula is C21H26ClN3O3. The highest BCUT2D eigenvalue weighted by atomic mass is 35.5. The van der Waals surface area contributed by atoms with Gasteiger partial charge in [-0.3, -0.25) is 4.90 Å². The lowest BCUT2D eigenvalue weighted by Crippen LogP contribution is -2.48. The molecule has 28 heavy (non-hydrogen) atoms. The molecule has 150 valence electrons. The number of piperazine rings is 1. The largest absolute Gasteiger partial charge is 0.497 e. The van der Waals surface area contributed by atoms with Crippen molar-refractivity contribution < 1.29 is 14.3 Å². The first-order valence-corrected chi connectivity index (χ1v) is 9.75. The monoisotopic (exact) mass is 403 g/mol. The fourth-order valence-electron chi connectivity index (χ4n) is 3.60. The maximum Gasteiger partial charge on any atom is 0.404 e. The number of hydrogen-bond donors (Lipinski definition) is 1. The van der Waals surface area contributed by atoms with Gasteiger partial charge in [0.2, 0.25) is 0 Å². The van der Waals surface area contributed by atoms with Crippen LogP contribution in [-0.2, 0) is 4.74 Å². The van der Waals surface area contributed by atoms with Crippen LogP contribution in [0.15, 0.2) is 48.5 Å². The molecule has 1 amide bonds. The highest BCUT2D eigenvalue weighted by molar-refractivity contribution is 6.30. The molecule has 0 saturated carbocycles. The Morgan fingerprint density at radius 2 is 1.71 bits per heavy atom. The molecule has 7 heteroatoms. The SMILES string of the molecule is COc1ccc(N2CCN(C(CCOC(N)=O)c3ccc(Cl)cc3)CC2)cc1. The molecule has 1 unspecified atom stereocenters. The summed E-state index contributed by atoms with van der Waals surface area (Å²) in [7, 11) is 1.67. The van der Waals surface area contributed by atoms with Crippen molar-refractivity contribution in [1.82, 2.24) is 4.90 Å². The van der Waals surface area contributed by atoms with E-state index >= 15 is 0 Å². The molecule has 2 N–H and O–H groups in total. The summed E-state index contributed by atoms with van der Waals surface area (Å²) in [5.74, 6) is 0.861. The van der Waals surface area contributed by atoms with Gasteiger partial charge in [-0.05, 0) is 42.0 Å². The van der Waals surface area contributed by atoms with E-state index in [1.54, 1.807) is 7.11 Å². The van der Waals surface area contributed by atoms with Crippen LogP contribution < -0.4 is 15.4 Å². The van der Waals surface area contributed by atoms with Crippen LogP contribution in [-0.4, -0.2) is 50.9 Å². The van der Waals surface area contributed by atoms with E-state index in [0.29, 0.717) is 18.1 Å². The normalized spacial score (nSPS) is 15.9. The molecule has 0 bridgehead atoms. The summed E-state index contributed by atoms with van der Waals surface area (Å²) in [5.41, 5.74) is 7.47. The number of carbonyl (C=O) groups is 1. The maximum atomic E-state index is 10.9. The molecule has 0 aliphatic carbocycles. The summed E-state index contributed by atoms with van der Waals surface area (Å²) < 4.78 is 10.2. The quantitative estimate of drug-likeness (QED) is 0.763. The Balaban J connectivity index is 1.65. The highest BCUT2D eigenvalue weighted by Crippen LogP contribution is 2.28. The second-order valence-electron chi connectivity index (χ2n) is 6.74. The molecule has 0 aromatic heterocycles. The Kier molecular flexibility index (Phi) is 7.01. The van der Waals surface area contributed by atoms with Gasteiger partial charge < -0.3 is 20.1 Å². The number of nitrogens with zero attached hydrogens (tertiary/aromatic N) is 2. The van der Waals surface area contributed by atoms with Gasteiger partial charge in [-0.2, -0.15) is 0 Å². The minimum atomic E-state index is -0.737. The van der Waals surface area contributed by atoms with E-state index in [0.717, 1.165) is 37.5 Å². The molecule has 1 aliphatic heterocycles. The Bertz CT molecular complexity index is 759. The van der Waals surface area contributed by atoms with Crippen molar-refractivity contribution in [3.8, 4) is 5.75 Å². The standard InChI is InChI=1S/C21H26ClN3O3/c1-27-19-8-6-18(7-9-19)24-11-13-25(14-12-24)20(10-15-28-21(23)26)16-2-4-17(22)5-3-16/h2-9,20H,10-15H2,1H3,(H2,23,26). The predicted octanol–water partition coefficient (Wildman–Crippen LogP) is 3.70. The van der Waals surface area contributed by atoms with E-state index in [-0.39, 0.29) is 6.04 Å². The lowest BCUT2D eigenvalue weighted by Gasteiger charge is -2.40. The van der Waals surface area contributed by atoms with Gasteiger partial charge in [-0.15, -0.1) is 0 Å². The van der Waals surface area contributed by atoms with Crippen LogP contribution in [0.1, 0.15) is 18.0 Å². The van der Waals surface area contributed by atoms with Crippen molar-refractivity contribution in [2.24, 2.45) is 5.73 Å². The molecule has 1 heterocycles. The van der Waals surface area contributed by atoms with Gasteiger partial charge in [0.25, 0.3) is 0 Å². The summed E-state index contributed by atoms with van der Waals surface area (Å²) in [6.45, 7) is 3.97. The van der Waals surface area contributed by atoms with Crippen molar-refractivity contribution in [1.29, 1.82) is 0 Å².